The Morgan fingerprint density at radius 2 is 1.77 bits per heavy atom. The number of amides is 1. The predicted molar refractivity (Wildman–Crippen MR) is 98.0 cm³/mol. The molecule has 1 aromatic carbocycles. The molecule has 0 aliphatic rings. The summed E-state index contributed by atoms with van der Waals surface area (Å²) in [5.41, 5.74) is 7.08. The van der Waals surface area contributed by atoms with Crippen LogP contribution in [0.25, 0.3) is 0 Å². The van der Waals surface area contributed by atoms with Crippen molar-refractivity contribution in [2.45, 2.75) is 26.3 Å². The first-order chi connectivity index (χ1) is 9.30. The molecule has 3 N–H and O–H groups in total. The van der Waals surface area contributed by atoms with Gasteiger partial charge in [-0.05, 0) is 31.5 Å². The largest absolute Gasteiger partial charge is 0.354 e. The third kappa shape index (κ3) is 9.26. The van der Waals surface area contributed by atoms with Gasteiger partial charge < -0.3 is 16.0 Å². The molecule has 1 aromatic rings. The van der Waals surface area contributed by atoms with Crippen LogP contribution in [0.2, 0.25) is 0 Å². The van der Waals surface area contributed by atoms with Crippen LogP contribution < -0.4 is 11.1 Å². The average molecular weight is 350 g/mol. The summed E-state index contributed by atoms with van der Waals surface area (Å²) in [6.45, 7) is 5.82. The summed E-state index contributed by atoms with van der Waals surface area (Å²) in [6, 6.07) is 9.36. The molecule has 1 atom stereocenters. The summed E-state index contributed by atoms with van der Waals surface area (Å²) < 4.78 is 0. The molecule has 0 bridgehead atoms. The highest BCUT2D eigenvalue weighted by Gasteiger charge is 2.21. The van der Waals surface area contributed by atoms with Gasteiger partial charge in [0.05, 0.1) is 6.04 Å². The van der Waals surface area contributed by atoms with E-state index in [2.05, 4.69) is 24.1 Å². The van der Waals surface area contributed by atoms with Crippen molar-refractivity contribution in [3.8, 4) is 0 Å². The smallest absolute Gasteiger partial charge is 0.237 e. The molecule has 128 valence electrons. The van der Waals surface area contributed by atoms with Crippen LogP contribution in [0.4, 0.5) is 0 Å². The molecule has 0 radical (unpaired) electrons. The quantitative estimate of drug-likeness (QED) is 0.792. The maximum absolute atomic E-state index is 12.0. The average Bonchev–Trinajstić information content (AvgIpc) is 2.35. The fourth-order valence-corrected chi connectivity index (χ4v) is 2.33. The number of carbonyl (C=O) groups excluding carboxylic acids is 1. The van der Waals surface area contributed by atoms with Crippen LogP contribution in [-0.4, -0.2) is 44.0 Å². The number of hydrogen-bond acceptors (Lipinski definition) is 3. The zero-order valence-corrected chi connectivity index (χ0v) is 15.5. The number of nitrogens with zero attached hydrogens (tertiary/aromatic N) is 1. The number of halogens is 2. The van der Waals surface area contributed by atoms with Gasteiger partial charge in [-0.1, -0.05) is 44.2 Å². The van der Waals surface area contributed by atoms with Crippen molar-refractivity contribution in [3.05, 3.63) is 35.9 Å². The minimum Gasteiger partial charge on any atom is -0.354 e. The molecule has 0 saturated heterocycles. The second-order valence-electron chi connectivity index (χ2n) is 6.42. The molecule has 0 saturated carbocycles. The maximum atomic E-state index is 12.0. The van der Waals surface area contributed by atoms with E-state index >= 15 is 0 Å². The van der Waals surface area contributed by atoms with Crippen LogP contribution in [0.15, 0.2) is 30.3 Å². The third-order valence-electron chi connectivity index (χ3n) is 3.12. The number of hydrogen-bond donors (Lipinski definition) is 2. The monoisotopic (exact) mass is 349 g/mol. The van der Waals surface area contributed by atoms with Crippen molar-refractivity contribution in [2.75, 3.05) is 27.2 Å². The van der Waals surface area contributed by atoms with Crippen LogP contribution in [0, 0.1) is 5.41 Å². The minimum absolute atomic E-state index is 0. The fraction of sp³-hybridized carbons (Fsp3) is 0.562. The summed E-state index contributed by atoms with van der Waals surface area (Å²) in [5, 5.41) is 2.96. The topological polar surface area (TPSA) is 58.4 Å². The van der Waals surface area contributed by atoms with Crippen molar-refractivity contribution >= 4 is 30.7 Å². The third-order valence-corrected chi connectivity index (χ3v) is 3.12. The summed E-state index contributed by atoms with van der Waals surface area (Å²) in [7, 11) is 4.06. The highest BCUT2D eigenvalue weighted by molar-refractivity contribution is 5.85. The van der Waals surface area contributed by atoms with E-state index in [-0.39, 0.29) is 36.1 Å². The van der Waals surface area contributed by atoms with Gasteiger partial charge in [-0.25, -0.2) is 0 Å². The Balaban J connectivity index is 0. The molecule has 1 unspecified atom stereocenters. The van der Waals surface area contributed by atoms with Crippen molar-refractivity contribution in [1.29, 1.82) is 0 Å². The molecule has 0 aliphatic carbocycles. The van der Waals surface area contributed by atoms with E-state index in [0.29, 0.717) is 13.0 Å². The van der Waals surface area contributed by atoms with Gasteiger partial charge in [-0.15, -0.1) is 24.8 Å². The Bertz CT molecular complexity index is 425. The number of benzene rings is 1. The van der Waals surface area contributed by atoms with Crippen LogP contribution in [0.5, 0.6) is 0 Å². The Kier molecular flexibility index (Phi) is 11.6. The zero-order valence-electron chi connectivity index (χ0n) is 13.8. The Morgan fingerprint density at radius 1 is 1.23 bits per heavy atom. The van der Waals surface area contributed by atoms with Crippen LogP contribution in [0.1, 0.15) is 19.4 Å². The van der Waals surface area contributed by atoms with Gasteiger partial charge in [0.2, 0.25) is 5.91 Å². The lowest BCUT2D eigenvalue weighted by atomic mass is 9.92. The highest BCUT2D eigenvalue weighted by Crippen LogP contribution is 2.14. The highest BCUT2D eigenvalue weighted by atomic mass is 35.5. The van der Waals surface area contributed by atoms with Gasteiger partial charge >= 0.3 is 0 Å². The van der Waals surface area contributed by atoms with Gasteiger partial charge in [0.15, 0.2) is 0 Å². The normalized spacial score (nSPS) is 12.1. The van der Waals surface area contributed by atoms with Crippen LogP contribution in [-0.2, 0) is 11.2 Å². The number of carbonyl (C=O) groups is 1. The minimum atomic E-state index is -0.493. The first kappa shape index (κ1) is 23.5. The summed E-state index contributed by atoms with van der Waals surface area (Å²) in [4.78, 5) is 14.2. The van der Waals surface area contributed by atoms with E-state index in [1.807, 2.05) is 44.4 Å². The first-order valence-electron chi connectivity index (χ1n) is 7.02. The van der Waals surface area contributed by atoms with Gasteiger partial charge in [0, 0.05) is 13.1 Å². The Hall–Kier alpha value is -0.810. The Labute approximate surface area is 146 Å². The maximum Gasteiger partial charge on any atom is 0.237 e. The van der Waals surface area contributed by atoms with Crippen molar-refractivity contribution in [1.82, 2.24) is 10.2 Å². The zero-order chi connectivity index (χ0) is 15.2. The van der Waals surface area contributed by atoms with E-state index in [4.69, 9.17) is 5.73 Å². The Morgan fingerprint density at radius 3 is 2.27 bits per heavy atom. The van der Waals surface area contributed by atoms with Crippen molar-refractivity contribution < 1.29 is 4.79 Å². The van der Waals surface area contributed by atoms with E-state index in [1.54, 1.807) is 0 Å². The van der Waals surface area contributed by atoms with E-state index in [1.165, 1.54) is 0 Å². The van der Waals surface area contributed by atoms with E-state index < -0.39 is 6.04 Å². The van der Waals surface area contributed by atoms with E-state index in [9.17, 15) is 4.79 Å². The summed E-state index contributed by atoms with van der Waals surface area (Å²) in [6.07, 6.45) is 0.570. The number of nitrogens with one attached hydrogen (secondary N) is 1. The molecule has 6 heteroatoms. The molecule has 0 aliphatic heterocycles. The van der Waals surface area contributed by atoms with Crippen molar-refractivity contribution in [2.24, 2.45) is 11.1 Å². The molecule has 0 heterocycles. The van der Waals surface area contributed by atoms with Crippen LogP contribution in [0.3, 0.4) is 0 Å². The van der Waals surface area contributed by atoms with Crippen LogP contribution >= 0.6 is 24.8 Å². The lowest BCUT2D eigenvalue weighted by Crippen LogP contribution is -2.47. The second-order valence-corrected chi connectivity index (χ2v) is 6.42. The number of rotatable bonds is 7. The molecule has 1 rings (SSSR count). The fourth-order valence-electron chi connectivity index (χ4n) is 2.33. The molecule has 0 fully saturated rings. The molecule has 0 spiro atoms. The summed E-state index contributed by atoms with van der Waals surface area (Å²) >= 11 is 0. The molecule has 22 heavy (non-hydrogen) atoms. The molecule has 1 amide bonds. The summed E-state index contributed by atoms with van der Waals surface area (Å²) in [5.74, 6) is -0.0827. The van der Waals surface area contributed by atoms with Gasteiger partial charge in [-0.2, -0.15) is 0 Å². The van der Waals surface area contributed by atoms with Gasteiger partial charge in [-0.3, -0.25) is 4.79 Å². The van der Waals surface area contributed by atoms with Gasteiger partial charge in [0.25, 0.3) is 0 Å². The van der Waals surface area contributed by atoms with Gasteiger partial charge in [0.1, 0.15) is 0 Å². The standard InChI is InChI=1S/C16H27N3O.2ClH/c1-16(2,12-19(3)4)11-18-15(20)14(17)10-13-8-6-5-7-9-13;;/h5-9,14H,10-12,17H2,1-4H3,(H,18,20);2*1H. The molecular formula is C16H29Cl2N3O. The lowest BCUT2D eigenvalue weighted by molar-refractivity contribution is -0.122. The molecule has 0 aromatic heterocycles. The predicted octanol–water partition coefficient (Wildman–Crippen LogP) is 2.10. The number of nitrogens with two attached hydrogens (primary N) is 1. The van der Waals surface area contributed by atoms with Crippen molar-refractivity contribution in [3.63, 3.8) is 0 Å². The first-order valence-corrected chi connectivity index (χ1v) is 7.02. The lowest BCUT2D eigenvalue weighted by Gasteiger charge is -2.29. The van der Waals surface area contributed by atoms with E-state index in [0.717, 1.165) is 12.1 Å². The molecular weight excluding hydrogens is 321 g/mol. The SMILES string of the molecule is CN(C)CC(C)(C)CNC(=O)C(N)Cc1ccccc1.Cl.Cl. The molecule has 4 nitrogen and oxygen atoms in total. The second kappa shape index (κ2) is 10.8.